The van der Waals surface area contributed by atoms with Crippen LogP contribution in [-0.2, 0) is 11.3 Å². The molecule has 1 N–H and O–H groups in total. The molecule has 1 aliphatic rings. The van der Waals surface area contributed by atoms with Gasteiger partial charge in [-0.3, -0.25) is 4.79 Å². The van der Waals surface area contributed by atoms with Gasteiger partial charge in [-0.15, -0.1) is 6.58 Å². The molecule has 116 valence electrons. The van der Waals surface area contributed by atoms with Crippen molar-refractivity contribution in [1.82, 2.24) is 15.2 Å². The number of carbonyl (C=O) groups is 1. The minimum Gasteiger partial charge on any atom is -0.378 e. The molecule has 1 aliphatic heterocycles. The minimum atomic E-state index is -0.111. The maximum Gasteiger partial charge on any atom is 0.263 e. The second-order valence-electron chi connectivity index (χ2n) is 4.99. The van der Waals surface area contributed by atoms with Gasteiger partial charge in [0.1, 0.15) is 4.88 Å². The summed E-state index contributed by atoms with van der Waals surface area (Å²) in [4.78, 5) is 21.9. The Kier molecular flexibility index (Phi) is 5.72. The number of hydrogen-bond acceptors (Lipinski definition) is 6. The highest BCUT2D eigenvalue weighted by molar-refractivity contribution is 7.17. The zero-order valence-corrected chi connectivity index (χ0v) is 13.4. The topological polar surface area (TPSA) is 57.7 Å². The Hall–Kier alpha value is -1.44. The van der Waals surface area contributed by atoms with Crippen LogP contribution in [0.2, 0.25) is 0 Å². The van der Waals surface area contributed by atoms with Crippen LogP contribution in [0, 0.1) is 0 Å². The summed E-state index contributed by atoms with van der Waals surface area (Å²) in [7, 11) is 3.73. The first-order valence-corrected chi connectivity index (χ1v) is 7.78. The van der Waals surface area contributed by atoms with E-state index in [0.29, 0.717) is 23.7 Å². The van der Waals surface area contributed by atoms with E-state index >= 15 is 0 Å². The van der Waals surface area contributed by atoms with E-state index in [1.54, 1.807) is 13.2 Å². The summed E-state index contributed by atoms with van der Waals surface area (Å²) < 4.78 is 5.16. The molecule has 1 amide bonds. The number of ether oxygens (including phenoxy) is 1. The van der Waals surface area contributed by atoms with E-state index in [4.69, 9.17) is 4.74 Å². The van der Waals surface area contributed by atoms with Crippen molar-refractivity contribution in [1.29, 1.82) is 0 Å². The highest BCUT2D eigenvalue weighted by Crippen LogP contribution is 2.27. The van der Waals surface area contributed by atoms with Crippen LogP contribution in [-0.4, -0.2) is 62.7 Å². The van der Waals surface area contributed by atoms with Crippen molar-refractivity contribution in [2.24, 2.45) is 0 Å². The lowest BCUT2D eigenvalue weighted by atomic mass is 10.3. The third-order valence-corrected chi connectivity index (χ3v) is 4.51. The van der Waals surface area contributed by atoms with Crippen LogP contribution in [0.4, 0.5) is 5.13 Å². The summed E-state index contributed by atoms with van der Waals surface area (Å²) in [5, 5.41) is 3.70. The summed E-state index contributed by atoms with van der Waals surface area (Å²) in [5.74, 6) is -0.111. The molecule has 21 heavy (non-hydrogen) atoms. The highest BCUT2D eigenvalue weighted by Gasteiger charge is 2.22. The number of amides is 1. The highest BCUT2D eigenvalue weighted by atomic mass is 32.1. The van der Waals surface area contributed by atoms with Crippen molar-refractivity contribution in [2.45, 2.75) is 6.61 Å². The Bertz CT molecular complexity index is 495. The Morgan fingerprint density at radius 1 is 1.48 bits per heavy atom. The number of aromatic nitrogens is 1. The van der Waals surface area contributed by atoms with E-state index in [-0.39, 0.29) is 5.91 Å². The number of thiazole rings is 1. The summed E-state index contributed by atoms with van der Waals surface area (Å²) >= 11 is 1.44. The average Bonchev–Trinajstić information content (AvgIpc) is 2.90. The number of hydrogen-bond donors (Lipinski definition) is 1. The predicted octanol–water partition coefficient (Wildman–Crippen LogP) is 0.957. The third-order valence-electron chi connectivity index (χ3n) is 3.35. The molecular formula is C14H22N4O2S. The Morgan fingerprint density at radius 2 is 2.19 bits per heavy atom. The second-order valence-corrected chi connectivity index (χ2v) is 5.97. The Labute approximate surface area is 129 Å². The van der Waals surface area contributed by atoms with Crippen LogP contribution in [0.1, 0.15) is 15.4 Å². The molecule has 0 aromatic carbocycles. The molecule has 0 spiro atoms. The standard InChI is InChI=1S/C14H22N4O2S/c1-4-5-15-13(19)12-11(10-20-3)16-14(21-12)18-8-6-17(2)7-9-18/h4H,1,5-10H2,2-3H3,(H,15,19). The first-order valence-electron chi connectivity index (χ1n) is 6.97. The van der Waals surface area contributed by atoms with E-state index in [1.807, 2.05) is 0 Å². The number of nitrogens with one attached hydrogen (secondary N) is 1. The molecule has 1 saturated heterocycles. The fraction of sp³-hybridized carbons (Fsp3) is 0.571. The normalized spacial score (nSPS) is 16.0. The van der Waals surface area contributed by atoms with Crippen molar-refractivity contribution in [3.8, 4) is 0 Å². The number of nitrogens with zero attached hydrogens (tertiary/aromatic N) is 3. The molecular weight excluding hydrogens is 288 g/mol. The maximum absolute atomic E-state index is 12.2. The van der Waals surface area contributed by atoms with Crippen LogP contribution in [0.3, 0.4) is 0 Å². The van der Waals surface area contributed by atoms with Crippen molar-refractivity contribution >= 4 is 22.4 Å². The van der Waals surface area contributed by atoms with E-state index < -0.39 is 0 Å². The van der Waals surface area contributed by atoms with Crippen LogP contribution in [0.25, 0.3) is 0 Å². The lowest BCUT2D eigenvalue weighted by Crippen LogP contribution is -2.44. The van der Waals surface area contributed by atoms with Gasteiger partial charge in [0.15, 0.2) is 5.13 Å². The summed E-state index contributed by atoms with van der Waals surface area (Å²) in [6, 6.07) is 0. The van der Waals surface area contributed by atoms with Crippen LogP contribution in [0.5, 0.6) is 0 Å². The molecule has 0 atom stereocenters. The van der Waals surface area contributed by atoms with Gasteiger partial charge in [0.05, 0.1) is 12.3 Å². The molecule has 6 nitrogen and oxygen atoms in total. The maximum atomic E-state index is 12.2. The van der Waals surface area contributed by atoms with E-state index in [0.717, 1.165) is 31.3 Å². The van der Waals surface area contributed by atoms with Crippen LogP contribution >= 0.6 is 11.3 Å². The largest absolute Gasteiger partial charge is 0.378 e. The molecule has 1 aromatic heterocycles. The molecule has 1 aromatic rings. The summed E-state index contributed by atoms with van der Waals surface area (Å²) in [6.45, 7) is 8.30. The fourth-order valence-corrected chi connectivity index (χ4v) is 3.17. The van der Waals surface area contributed by atoms with Crippen molar-refractivity contribution in [3.63, 3.8) is 0 Å². The van der Waals surface area contributed by atoms with Gasteiger partial charge >= 0.3 is 0 Å². The smallest absolute Gasteiger partial charge is 0.263 e. The first-order chi connectivity index (χ1) is 10.2. The molecule has 0 aliphatic carbocycles. The van der Waals surface area contributed by atoms with Crippen LogP contribution < -0.4 is 10.2 Å². The lowest BCUT2D eigenvalue weighted by molar-refractivity contribution is 0.0957. The summed E-state index contributed by atoms with van der Waals surface area (Å²) in [5.41, 5.74) is 0.706. The number of methoxy groups -OCH3 is 1. The minimum absolute atomic E-state index is 0.111. The first kappa shape index (κ1) is 15.9. The van der Waals surface area contributed by atoms with Crippen molar-refractivity contribution < 1.29 is 9.53 Å². The zero-order chi connectivity index (χ0) is 15.2. The second kappa shape index (κ2) is 7.53. The Morgan fingerprint density at radius 3 is 2.81 bits per heavy atom. The number of carbonyl (C=O) groups excluding carboxylic acids is 1. The quantitative estimate of drug-likeness (QED) is 0.793. The average molecular weight is 310 g/mol. The van der Waals surface area contributed by atoms with Gasteiger partial charge in [-0.1, -0.05) is 17.4 Å². The van der Waals surface area contributed by atoms with Gasteiger partial charge < -0.3 is 19.9 Å². The predicted molar refractivity (Wildman–Crippen MR) is 85.1 cm³/mol. The zero-order valence-electron chi connectivity index (χ0n) is 12.6. The van der Waals surface area contributed by atoms with Gasteiger partial charge in [-0.2, -0.15) is 0 Å². The number of likely N-dealkylation sites (N-methyl/N-ethyl adjacent to an activating group) is 1. The van der Waals surface area contributed by atoms with E-state index in [9.17, 15) is 4.79 Å². The summed E-state index contributed by atoms with van der Waals surface area (Å²) in [6.07, 6.45) is 1.66. The van der Waals surface area contributed by atoms with Gasteiger partial charge in [-0.05, 0) is 7.05 Å². The monoisotopic (exact) mass is 310 g/mol. The number of piperazine rings is 1. The molecule has 0 bridgehead atoms. The number of rotatable bonds is 6. The molecule has 0 radical (unpaired) electrons. The SMILES string of the molecule is C=CCNC(=O)c1sc(N2CCN(C)CC2)nc1COC. The molecule has 7 heteroatoms. The van der Waals surface area contributed by atoms with Gasteiger partial charge in [-0.25, -0.2) is 4.98 Å². The molecule has 1 fully saturated rings. The van der Waals surface area contributed by atoms with Gasteiger partial charge in [0.25, 0.3) is 5.91 Å². The van der Waals surface area contributed by atoms with Gasteiger partial charge in [0.2, 0.25) is 0 Å². The molecule has 2 heterocycles. The van der Waals surface area contributed by atoms with Crippen LogP contribution in [0.15, 0.2) is 12.7 Å². The number of anilines is 1. The molecule has 0 unspecified atom stereocenters. The molecule has 0 saturated carbocycles. The van der Waals surface area contributed by atoms with E-state index in [2.05, 4.69) is 33.7 Å². The third kappa shape index (κ3) is 4.03. The van der Waals surface area contributed by atoms with Crippen molar-refractivity contribution in [3.05, 3.63) is 23.2 Å². The fourth-order valence-electron chi connectivity index (χ4n) is 2.13. The van der Waals surface area contributed by atoms with Gasteiger partial charge in [0, 0.05) is 39.8 Å². The molecule has 2 rings (SSSR count). The Balaban J connectivity index is 2.15. The van der Waals surface area contributed by atoms with E-state index in [1.165, 1.54) is 11.3 Å². The lowest BCUT2D eigenvalue weighted by Gasteiger charge is -2.32. The van der Waals surface area contributed by atoms with Crippen molar-refractivity contribution in [2.75, 3.05) is 51.8 Å².